The highest BCUT2D eigenvalue weighted by atomic mass is 32.1. The summed E-state index contributed by atoms with van der Waals surface area (Å²) in [6.07, 6.45) is 0.221. The van der Waals surface area contributed by atoms with Gasteiger partial charge in [0.1, 0.15) is 0 Å². The normalized spacial score (nSPS) is 11.1. The zero-order valence-electron chi connectivity index (χ0n) is 16.1. The van der Waals surface area contributed by atoms with Gasteiger partial charge in [0.25, 0.3) is 5.95 Å². The lowest BCUT2D eigenvalue weighted by atomic mass is 10.1. The maximum atomic E-state index is 12.6. The average Bonchev–Trinajstić information content (AvgIpc) is 3.16. The van der Waals surface area contributed by atoms with Gasteiger partial charge in [-0.05, 0) is 45.9 Å². The number of rotatable bonds is 4. The Morgan fingerprint density at radius 3 is 2.50 bits per heavy atom. The topological polar surface area (TPSA) is 85.6 Å². The minimum Gasteiger partial charge on any atom is -0.302 e. The van der Waals surface area contributed by atoms with E-state index in [1.54, 1.807) is 4.68 Å². The maximum absolute atomic E-state index is 12.6. The Kier molecular flexibility index (Phi) is 4.64. The molecule has 1 N–H and O–H groups in total. The van der Waals surface area contributed by atoms with Crippen molar-refractivity contribution >= 4 is 32.6 Å². The van der Waals surface area contributed by atoms with E-state index in [-0.39, 0.29) is 12.3 Å². The fourth-order valence-corrected chi connectivity index (χ4v) is 4.06. The van der Waals surface area contributed by atoms with Crippen LogP contribution in [-0.2, 0) is 11.2 Å². The number of benzene rings is 1. The summed E-state index contributed by atoms with van der Waals surface area (Å²) in [4.78, 5) is 26.0. The van der Waals surface area contributed by atoms with E-state index in [2.05, 4.69) is 25.4 Å². The third-order valence-electron chi connectivity index (χ3n) is 4.48. The van der Waals surface area contributed by atoms with Gasteiger partial charge in [0.15, 0.2) is 5.13 Å². The van der Waals surface area contributed by atoms with Crippen molar-refractivity contribution in [2.24, 2.45) is 0 Å². The van der Waals surface area contributed by atoms with Gasteiger partial charge in [0, 0.05) is 22.6 Å². The van der Waals surface area contributed by atoms with Crippen molar-refractivity contribution in [3.63, 3.8) is 0 Å². The molecule has 0 saturated heterocycles. The number of anilines is 1. The lowest BCUT2D eigenvalue weighted by Crippen LogP contribution is -2.15. The third-order valence-corrected chi connectivity index (χ3v) is 5.43. The minimum atomic E-state index is -0.119. The second-order valence-electron chi connectivity index (χ2n) is 6.72. The Labute approximate surface area is 166 Å². The number of para-hydroxylation sites is 1. The van der Waals surface area contributed by atoms with Gasteiger partial charge in [-0.1, -0.05) is 23.5 Å². The highest BCUT2D eigenvalue weighted by Gasteiger charge is 2.18. The van der Waals surface area contributed by atoms with Gasteiger partial charge in [-0.3, -0.25) is 4.79 Å². The van der Waals surface area contributed by atoms with Crippen LogP contribution >= 0.6 is 11.3 Å². The van der Waals surface area contributed by atoms with Crippen LogP contribution in [-0.4, -0.2) is 30.6 Å². The van der Waals surface area contributed by atoms with Crippen LogP contribution in [0.3, 0.4) is 0 Å². The smallest absolute Gasteiger partial charge is 0.251 e. The first kappa shape index (κ1) is 18.2. The average molecular weight is 392 g/mol. The summed E-state index contributed by atoms with van der Waals surface area (Å²) in [6.45, 7) is 7.68. The van der Waals surface area contributed by atoms with E-state index >= 15 is 0 Å². The van der Waals surface area contributed by atoms with E-state index in [0.29, 0.717) is 11.1 Å². The molecule has 0 aliphatic carbocycles. The molecule has 0 bridgehead atoms. The number of amides is 1. The number of thiazole rings is 1. The van der Waals surface area contributed by atoms with Gasteiger partial charge in [0.2, 0.25) is 5.91 Å². The van der Waals surface area contributed by atoms with Gasteiger partial charge in [-0.2, -0.15) is 5.10 Å². The number of carbonyl (C=O) groups is 1. The lowest BCUT2D eigenvalue weighted by Gasteiger charge is -2.06. The number of nitrogens with one attached hydrogen (secondary N) is 1. The third kappa shape index (κ3) is 3.50. The fraction of sp³-hybridized carbons (Fsp3) is 0.250. The molecule has 0 atom stereocenters. The van der Waals surface area contributed by atoms with Crippen LogP contribution < -0.4 is 5.32 Å². The van der Waals surface area contributed by atoms with Crippen LogP contribution in [0.2, 0.25) is 0 Å². The van der Waals surface area contributed by atoms with E-state index in [4.69, 9.17) is 0 Å². The molecule has 0 unspecified atom stereocenters. The molecule has 142 valence electrons. The summed E-state index contributed by atoms with van der Waals surface area (Å²) in [5.41, 5.74) is 5.17. The largest absolute Gasteiger partial charge is 0.302 e. The molecule has 8 heteroatoms. The first-order valence-electron chi connectivity index (χ1n) is 8.94. The van der Waals surface area contributed by atoms with Crippen molar-refractivity contribution in [1.82, 2.24) is 24.7 Å². The zero-order valence-corrected chi connectivity index (χ0v) is 17.0. The summed E-state index contributed by atoms with van der Waals surface area (Å²) in [6, 6.07) is 9.74. The Morgan fingerprint density at radius 1 is 1.07 bits per heavy atom. The van der Waals surface area contributed by atoms with Crippen LogP contribution in [0.25, 0.3) is 16.2 Å². The molecule has 0 spiro atoms. The van der Waals surface area contributed by atoms with Gasteiger partial charge in [-0.15, -0.1) is 0 Å². The Balaban J connectivity index is 1.57. The Morgan fingerprint density at radius 2 is 1.79 bits per heavy atom. The number of hydrogen-bond acceptors (Lipinski definition) is 6. The quantitative estimate of drug-likeness (QED) is 0.572. The summed E-state index contributed by atoms with van der Waals surface area (Å²) in [7, 11) is 0. The molecule has 0 aliphatic rings. The molecule has 1 aromatic carbocycles. The second-order valence-corrected chi connectivity index (χ2v) is 7.75. The molecule has 28 heavy (non-hydrogen) atoms. The predicted octanol–water partition coefficient (Wildman–Crippen LogP) is 3.69. The Hall–Kier alpha value is -3.13. The molecule has 7 nitrogen and oxygen atoms in total. The molecule has 0 saturated carbocycles. The van der Waals surface area contributed by atoms with Crippen LogP contribution in [0.1, 0.15) is 28.3 Å². The van der Waals surface area contributed by atoms with Crippen LogP contribution in [0, 0.1) is 27.7 Å². The number of nitrogens with zero attached hydrogens (tertiary/aromatic N) is 5. The van der Waals surface area contributed by atoms with E-state index in [9.17, 15) is 4.79 Å². The zero-order chi connectivity index (χ0) is 19.8. The summed E-state index contributed by atoms with van der Waals surface area (Å²) >= 11 is 1.47. The molecule has 0 aliphatic heterocycles. The molecule has 3 heterocycles. The van der Waals surface area contributed by atoms with Crippen molar-refractivity contribution in [3.05, 3.63) is 58.7 Å². The first-order valence-corrected chi connectivity index (χ1v) is 9.75. The maximum Gasteiger partial charge on any atom is 0.251 e. The Bertz CT molecular complexity index is 1140. The SMILES string of the molecule is Cc1cc(C)nc(-n2nc(C)c(CC(=O)Nc3nc4ccccc4s3)c2C)n1. The summed E-state index contributed by atoms with van der Waals surface area (Å²) in [5, 5.41) is 8.06. The number of aromatic nitrogens is 5. The molecule has 4 aromatic rings. The van der Waals surface area contributed by atoms with Crippen molar-refractivity contribution in [1.29, 1.82) is 0 Å². The van der Waals surface area contributed by atoms with Crippen LogP contribution in [0.4, 0.5) is 5.13 Å². The van der Waals surface area contributed by atoms with Crippen LogP contribution in [0.15, 0.2) is 30.3 Å². The molecule has 0 radical (unpaired) electrons. The number of carbonyl (C=O) groups excluding carboxylic acids is 1. The predicted molar refractivity (Wildman–Crippen MR) is 110 cm³/mol. The summed E-state index contributed by atoms with van der Waals surface area (Å²) < 4.78 is 2.75. The van der Waals surface area contributed by atoms with E-state index in [0.717, 1.165) is 38.6 Å². The van der Waals surface area contributed by atoms with Gasteiger partial charge in [-0.25, -0.2) is 19.6 Å². The second kappa shape index (κ2) is 7.12. The molecule has 0 fully saturated rings. The van der Waals surface area contributed by atoms with Crippen molar-refractivity contribution in [3.8, 4) is 5.95 Å². The van der Waals surface area contributed by atoms with E-state index in [1.165, 1.54) is 11.3 Å². The van der Waals surface area contributed by atoms with Crippen molar-refractivity contribution in [2.75, 3.05) is 5.32 Å². The molecule has 3 aromatic heterocycles. The standard InChI is InChI=1S/C20H20N6OS/c1-11-9-12(2)22-19(21-11)26-14(4)15(13(3)25-26)10-18(27)24-20-23-16-7-5-6-8-17(16)28-20/h5-9H,10H2,1-4H3,(H,23,24,27). The van der Waals surface area contributed by atoms with Gasteiger partial charge in [0.05, 0.1) is 22.3 Å². The van der Waals surface area contributed by atoms with Crippen LogP contribution in [0.5, 0.6) is 0 Å². The first-order chi connectivity index (χ1) is 13.4. The molecular weight excluding hydrogens is 372 g/mol. The number of fused-ring (bicyclic) bond motifs is 1. The summed E-state index contributed by atoms with van der Waals surface area (Å²) in [5.74, 6) is 0.405. The minimum absolute atomic E-state index is 0.119. The number of aryl methyl sites for hydroxylation is 3. The number of hydrogen-bond donors (Lipinski definition) is 1. The molecular formula is C20H20N6OS. The van der Waals surface area contributed by atoms with E-state index < -0.39 is 0 Å². The lowest BCUT2D eigenvalue weighted by molar-refractivity contribution is -0.115. The fourth-order valence-electron chi connectivity index (χ4n) is 3.18. The highest BCUT2D eigenvalue weighted by Crippen LogP contribution is 2.26. The van der Waals surface area contributed by atoms with Gasteiger partial charge < -0.3 is 5.32 Å². The highest BCUT2D eigenvalue weighted by molar-refractivity contribution is 7.22. The van der Waals surface area contributed by atoms with Gasteiger partial charge >= 0.3 is 0 Å². The van der Waals surface area contributed by atoms with E-state index in [1.807, 2.05) is 58.0 Å². The van der Waals surface area contributed by atoms with Crippen molar-refractivity contribution in [2.45, 2.75) is 34.1 Å². The van der Waals surface area contributed by atoms with Crippen molar-refractivity contribution < 1.29 is 4.79 Å². The molecule has 1 amide bonds. The monoisotopic (exact) mass is 392 g/mol. The molecule has 4 rings (SSSR count).